The largest absolute Gasteiger partial charge is 0.384 e. The molecule has 0 unspecified atom stereocenters. The molecule has 0 aliphatic carbocycles. The van der Waals surface area contributed by atoms with Crippen molar-refractivity contribution in [2.24, 2.45) is 5.41 Å². The van der Waals surface area contributed by atoms with Crippen molar-refractivity contribution in [1.29, 1.82) is 0 Å². The molecule has 0 radical (unpaired) electrons. The summed E-state index contributed by atoms with van der Waals surface area (Å²) in [6.07, 6.45) is 3.77. The maximum absolute atomic E-state index is 13.0. The van der Waals surface area contributed by atoms with Crippen molar-refractivity contribution < 1.29 is 9.53 Å². The summed E-state index contributed by atoms with van der Waals surface area (Å²) < 4.78 is 5.39. The number of piperidine rings is 2. The quantitative estimate of drug-likeness (QED) is 0.817. The van der Waals surface area contributed by atoms with Crippen molar-refractivity contribution in [3.05, 3.63) is 35.4 Å². The molecule has 0 bridgehead atoms. The fourth-order valence-corrected chi connectivity index (χ4v) is 4.22. The van der Waals surface area contributed by atoms with Crippen LogP contribution in [0.2, 0.25) is 0 Å². The number of benzene rings is 1. The number of carbonyl (C=O) groups is 1. The van der Waals surface area contributed by atoms with E-state index in [0.717, 1.165) is 58.4 Å². The van der Waals surface area contributed by atoms with Gasteiger partial charge in [-0.2, -0.15) is 0 Å². The van der Waals surface area contributed by atoms with E-state index in [4.69, 9.17) is 4.74 Å². The van der Waals surface area contributed by atoms with Gasteiger partial charge in [0.1, 0.15) is 0 Å². The maximum Gasteiger partial charge on any atom is 0.228 e. The first kappa shape index (κ1) is 19.3. The van der Waals surface area contributed by atoms with Gasteiger partial charge in [-0.05, 0) is 56.8 Å². The van der Waals surface area contributed by atoms with E-state index < -0.39 is 0 Å². The first-order chi connectivity index (χ1) is 12.6. The Bertz CT molecular complexity index is 585. The van der Waals surface area contributed by atoms with Crippen LogP contribution in [0.3, 0.4) is 0 Å². The van der Waals surface area contributed by atoms with Gasteiger partial charge in [0.25, 0.3) is 0 Å². The Hall–Kier alpha value is -1.43. The number of rotatable bonds is 6. The molecule has 3 rings (SSSR count). The first-order valence-electron chi connectivity index (χ1n) is 9.90. The van der Waals surface area contributed by atoms with E-state index in [1.54, 1.807) is 7.11 Å². The third-order valence-corrected chi connectivity index (χ3v) is 6.04. The van der Waals surface area contributed by atoms with E-state index in [9.17, 15) is 4.79 Å². The van der Waals surface area contributed by atoms with Crippen molar-refractivity contribution in [2.75, 3.05) is 39.9 Å². The van der Waals surface area contributed by atoms with Gasteiger partial charge in [-0.1, -0.05) is 24.3 Å². The number of nitrogens with zero attached hydrogens (tertiary/aromatic N) is 1. The van der Waals surface area contributed by atoms with E-state index in [1.165, 1.54) is 11.1 Å². The number of ether oxygens (including phenoxy) is 1. The fourth-order valence-electron chi connectivity index (χ4n) is 4.22. The van der Waals surface area contributed by atoms with Crippen molar-refractivity contribution >= 4 is 5.91 Å². The second-order valence-corrected chi connectivity index (χ2v) is 7.91. The SMILES string of the molecule is COCC1(C(=O)NC2CCN(Cc3ccccc3C)CC2)CCNCC1. The molecule has 5 heteroatoms. The normalized spacial score (nSPS) is 21.5. The minimum absolute atomic E-state index is 0.193. The van der Waals surface area contributed by atoms with Crippen LogP contribution < -0.4 is 10.6 Å². The minimum Gasteiger partial charge on any atom is -0.384 e. The summed E-state index contributed by atoms with van der Waals surface area (Å²) in [5.74, 6) is 0.193. The van der Waals surface area contributed by atoms with Crippen LogP contribution in [0.4, 0.5) is 0 Å². The molecule has 0 atom stereocenters. The molecule has 2 N–H and O–H groups in total. The average Bonchev–Trinajstić information content (AvgIpc) is 2.66. The molecule has 5 nitrogen and oxygen atoms in total. The summed E-state index contributed by atoms with van der Waals surface area (Å²) in [6, 6.07) is 8.89. The van der Waals surface area contributed by atoms with Gasteiger partial charge in [0.15, 0.2) is 0 Å². The van der Waals surface area contributed by atoms with Crippen molar-refractivity contribution in [2.45, 2.75) is 45.2 Å². The second kappa shape index (κ2) is 8.98. The van der Waals surface area contributed by atoms with Crippen molar-refractivity contribution in [3.8, 4) is 0 Å². The average molecular weight is 360 g/mol. The Morgan fingerprint density at radius 2 is 1.96 bits per heavy atom. The predicted molar refractivity (Wildman–Crippen MR) is 104 cm³/mol. The number of nitrogens with one attached hydrogen (secondary N) is 2. The summed E-state index contributed by atoms with van der Waals surface area (Å²) in [5.41, 5.74) is 2.41. The van der Waals surface area contributed by atoms with Crippen LogP contribution >= 0.6 is 0 Å². The van der Waals surface area contributed by atoms with Crippen LogP contribution in [0.5, 0.6) is 0 Å². The zero-order valence-corrected chi connectivity index (χ0v) is 16.2. The van der Waals surface area contributed by atoms with Gasteiger partial charge in [0, 0.05) is 32.8 Å². The molecule has 2 heterocycles. The van der Waals surface area contributed by atoms with Gasteiger partial charge in [-0.3, -0.25) is 9.69 Å². The van der Waals surface area contributed by atoms with Gasteiger partial charge < -0.3 is 15.4 Å². The van der Waals surface area contributed by atoms with Gasteiger partial charge in [-0.25, -0.2) is 0 Å². The lowest BCUT2D eigenvalue weighted by Crippen LogP contribution is -2.54. The lowest BCUT2D eigenvalue weighted by Gasteiger charge is -2.38. The van der Waals surface area contributed by atoms with E-state index in [1.807, 2.05) is 0 Å². The Morgan fingerprint density at radius 1 is 1.27 bits per heavy atom. The molecule has 2 fully saturated rings. The highest BCUT2D eigenvalue weighted by Crippen LogP contribution is 2.30. The molecule has 0 aromatic heterocycles. The molecule has 26 heavy (non-hydrogen) atoms. The number of carbonyl (C=O) groups excluding carboxylic acids is 1. The summed E-state index contributed by atoms with van der Waals surface area (Å²) in [4.78, 5) is 15.5. The molecule has 1 aromatic carbocycles. The van der Waals surface area contributed by atoms with Gasteiger partial charge in [0.05, 0.1) is 12.0 Å². The van der Waals surface area contributed by atoms with Crippen LogP contribution in [-0.4, -0.2) is 56.7 Å². The fraction of sp³-hybridized carbons (Fsp3) is 0.667. The number of hydrogen-bond acceptors (Lipinski definition) is 4. The summed E-state index contributed by atoms with van der Waals surface area (Å²) in [7, 11) is 1.70. The molecule has 2 aliphatic rings. The predicted octanol–water partition coefficient (Wildman–Crippen LogP) is 2.09. The van der Waals surface area contributed by atoms with Gasteiger partial charge >= 0.3 is 0 Å². The third-order valence-electron chi connectivity index (χ3n) is 6.04. The molecule has 1 amide bonds. The minimum atomic E-state index is -0.349. The number of methoxy groups -OCH3 is 1. The molecular formula is C21H33N3O2. The molecule has 0 spiro atoms. The zero-order valence-electron chi connectivity index (χ0n) is 16.2. The summed E-state index contributed by atoms with van der Waals surface area (Å²) in [6.45, 7) is 7.57. The Labute approximate surface area is 157 Å². The lowest BCUT2D eigenvalue weighted by atomic mass is 9.78. The van der Waals surface area contributed by atoms with E-state index in [0.29, 0.717) is 12.6 Å². The highest BCUT2D eigenvalue weighted by molar-refractivity contribution is 5.83. The van der Waals surface area contributed by atoms with Crippen LogP contribution in [0.15, 0.2) is 24.3 Å². The van der Waals surface area contributed by atoms with E-state index in [2.05, 4.69) is 46.7 Å². The number of likely N-dealkylation sites (tertiary alicyclic amines) is 1. The standard InChI is InChI=1S/C21H33N3O2/c1-17-5-3-4-6-18(17)15-24-13-7-19(8-14-24)23-20(25)21(16-26-2)9-11-22-12-10-21/h3-6,19,22H,7-16H2,1-2H3,(H,23,25). The van der Waals surface area contributed by atoms with Crippen LogP contribution in [0.1, 0.15) is 36.8 Å². The first-order valence-corrected chi connectivity index (χ1v) is 9.90. The van der Waals surface area contributed by atoms with Crippen LogP contribution in [0, 0.1) is 12.3 Å². The van der Waals surface area contributed by atoms with Crippen molar-refractivity contribution in [1.82, 2.24) is 15.5 Å². The Kier molecular flexibility index (Phi) is 6.68. The molecule has 2 aliphatic heterocycles. The lowest BCUT2D eigenvalue weighted by molar-refractivity contribution is -0.137. The molecule has 144 valence electrons. The smallest absolute Gasteiger partial charge is 0.228 e. The molecule has 2 saturated heterocycles. The third kappa shape index (κ3) is 4.64. The van der Waals surface area contributed by atoms with Crippen LogP contribution in [0.25, 0.3) is 0 Å². The monoisotopic (exact) mass is 359 g/mol. The van der Waals surface area contributed by atoms with Crippen LogP contribution in [-0.2, 0) is 16.1 Å². The number of aryl methyl sites for hydroxylation is 1. The number of amides is 1. The summed E-state index contributed by atoms with van der Waals surface area (Å²) >= 11 is 0. The van der Waals surface area contributed by atoms with E-state index in [-0.39, 0.29) is 11.3 Å². The number of hydrogen-bond donors (Lipinski definition) is 2. The highest BCUT2D eigenvalue weighted by Gasteiger charge is 2.40. The Balaban J connectivity index is 1.50. The molecule has 0 saturated carbocycles. The molecular weight excluding hydrogens is 326 g/mol. The van der Waals surface area contributed by atoms with Gasteiger partial charge in [-0.15, -0.1) is 0 Å². The maximum atomic E-state index is 13.0. The highest BCUT2D eigenvalue weighted by atomic mass is 16.5. The second-order valence-electron chi connectivity index (χ2n) is 7.91. The summed E-state index contributed by atoms with van der Waals surface area (Å²) in [5, 5.41) is 6.68. The zero-order chi connectivity index (χ0) is 18.4. The topological polar surface area (TPSA) is 53.6 Å². The molecule has 1 aromatic rings. The van der Waals surface area contributed by atoms with Gasteiger partial charge in [0.2, 0.25) is 5.91 Å². The Morgan fingerprint density at radius 3 is 2.62 bits per heavy atom. The van der Waals surface area contributed by atoms with Crippen molar-refractivity contribution in [3.63, 3.8) is 0 Å². The van der Waals surface area contributed by atoms with E-state index >= 15 is 0 Å².